The van der Waals surface area contributed by atoms with Gasteiger partial charge in [0.2, 0.25) is 0 Å². The molecule has 2 aromatic rings. The molecule has 3 N–H and O–H groups in total. The van der Waals surface area contributed by atoms with Crippen molar-refractivity contribution in [2.24, 2.45) is 0 Å². The van der Waals surface area contributed by atoms with Gasteiger partial charge in [0, 0.05) is 25.7 Å². The van der Waals surface area contributed by atoms with Crippen LogP contribution in [0.3, 0.4) is 0 Å². The van der Waals surface area contributed by atoms with E-state index < -0.39 is 11.7 Å². The monoisotopic (exact) mass is 335 g/mol. The predicted molar refractivity (Wildman–Crippen MR) is 89.5 cm³/mol. The van der Waals surface area contributed by atoms with Gasteiger partial charge in [0.25, 0.3) is 0 Å². The Morgan fingerprint density at radius 1 is 1.21 bits per heavy atom. The van der Waals surface area contributed by atoms with Crippen LogP contribution >= 0.6 is 0 Å². The second-order valence-corrected chi connectivity index (χ2v) is 6.22. The summed E-state index contributed by atoms with van der Waals surface area (Å²) in [7, 11) is 0. The quantitative estimate of drug-likeness (QED) is 0.812. The highest BCUT2D eigenvalue weighted by Crippen LogP contribution is 2.37. The van der Waals surface area contributed by atoms with Crippen LogP contribution in [-0.2, 0) is 19.3 Å². The van der Waals surface area contributed by atoms with E-state index in [9.17, 15) is 13.2 Å². The molecular weight excluding hydrogens is 315 g/mol. The second kappa shape index (κ2) is 6.36. The molecule has 0 fully saturated rings. The third kappa shape index (κ3) is 3.48. The van der Waals surface area contributed by atoms with Gasteiger partial charge in [-0.15, -0.1) is 0 Å². The smallest absolute Gasteiger partial charge is 0.397 e. The van der Waals surface area contributed by atoms with Crippen molar-refractivity contribution in [3.8, 4) is 0 Å². The molecule has 1 heterocycles. The van der Waals surface area contributed by atoms with Crippen LogP contribution < -0.4 is 11.1 Å². The van der Waals surface area contributed by atoms with E-state index in [1.165, 1.54) is 6.07 Å². The Balaban J connectivity index is 1.93. The maximum Gasteiger partial charge on any atom is 0.416 e. The summed E-state index contributed by atoms with van der Waals surface area (Å²) in [5, 5.41) is 3.20. The first-order valence-corrected chi connectivity index (χ1v) is 7.86. The third-order valence-corrected chi connectivity index (χ3v) is 4.38. The minimum Gasteiger partial charge on any atom is -0.397 e. The molecule has 1 aliphatic heterocycles. The summed E-state index contributed by atoms with van der Waals surface area (Å²) >= 11 is 0. The Bertz CT molecular complexity index is 713. The van der Waals surface area contributed by atoms with Gasteiger partial charge in [0.05, 0.1) is 16.9 Å². The molecule has 0 radical (unpaired) electrons. The van der Waals surface area contributed by atoms with Crippen LogP contribution in [0.4, 0.5) is 24.5 Å². The number of halogens is 3. The standard InChI is InChI=1S/C18H20F3N3/c1-12-9-23-17-14(7-15(8-16(17)22)18(19,20)21)11-24(12)10-13-5-3-2-4-6-13/h2-8,12,23H,9-11,22H2,1H3/t12-/m0/s1. The molecule has 0 saturated carbocycles. The third-order valence-electron chi connectivity index (χ3n) is 4.38. The van der Waals surface area contributed by atoms with E-state index in [1.807, 2.05) is 30.3 Å². The Kier molecular flexibility index (Phi) is 4.41. The van der Waals surface area contributed by atoms with E-state index in [-0.39, 0.29) is 11.7 Å². The largest absolute Gasteiger partial charge is 0.416 e. The molecule has 3 nitrogen and oxygen atoms in total. The van der Waals surface area contributed by atoms with Gasteiger partial charge in [-0.2, -0.15) is 13.2 Å². The number of hydrogen-bond donors (Lipinski definition) is 2. The Morgan fingerprint density at radius 3 is 2.58 bits per heavy atom. The molecule has 0 aliphatic carbocycles. The molecule has 0 spiro atoms. The lowest BCUT2D eigenvalue weighted by Crippen LogP contribution is -2.34. The number of alkyl halides is 3. The maximum absolute atomic E-state index is 13.1. The molecule has 1 aliphatic rings. The number of nitrogens with one attached hydrogen (secondary N) is 1. The zero-order valence-electron chi connectivity index (χ0n) is 13.4. The van der Waals surface area contributed by atoms with E-state index in [0.717, 1.165) is 11.6 Å². The fourth-order valence-electron chi connectivity index (χ4n) is 3.01. The van der Waals surface area contributed by atoms with Crippen LogP contribution in [0.1, 0.15) is 23.6 Å². The number of hydrogen-bond acceptors (Lipinski definition) is 3. The normalized spacial score (nSPS) is 18.6. The Morgan fingerprint density at radius 2 is 1.92 bits per heavy atom. The predicted octanol–water partition coefficient (Wildman–Crippen LogP) is 4.10. The Hall–Kier alpha value is -2.21. The van der Waals surface area contributed by atoms with Crippen molar-refractivity contribution in [3.05, 3.63) is 59.2 Å². The molecule has 0 aromatic heterocycles. The minimum absolute atomic E-state index is 0.147. The van der Waals surface area contributed by atoms with Gasteiger partial charge in [0.1, 0.15) is 0 Å². The number of nitrogens with two attached hydrogens (primary N) is 1. The number of benzene rings is 2. The van der Waals surface area contributed by atoms with E-state index in [2.05, 4.69) is 17.1 Å². The van der Waals surface area contributed by atoms with Crippen LogP contribution in [0.25, 0.3) is 0 Å². The zero-order chi connectivity index (χ0) is 17.3. The number of rotatable bonds is 2. The summed E-state index contributed by atoms with van der Waals surface area (Å²) in [6, 6.07) is 12.3. The highest BCUT2D eigenvalue weighted by molar-refractivity contribution is 5.72. The highest BCUT2D eigenvalue weighted by atomic mass is 19.4. The minimum atomic E-state index is -4.40. The summed E-state index contributed by atoms with van der Waals surface area (Å²) in [5.41, 5.74) is 7.65. The molecule has 0 amide bonds. The summed E-state index contributed by atoms with van der Waals surface area (Å²) in [4.78, 5) is 2.16. The molecule has 24 heavy (non-hydrogen) atoms. The summed E-state index contributed by atoms with van der Waals surface area (Å²) in [6.45, 7) is 3.80. The summed E-state index contributed by atoms with van der Waals surface area (Å²) < 4.78 is 39.2. The topological polar surface area (TPSA) is 41.3 Å². The van der Waals surface area contributed by atoms with Crippen LogP contribution in [0.15, 0.2) is 42.5 Å². The summed E-state index contributed by atoms with van der Waals surface area (Å²) in [6.07, 6.45) is -4.40. The number of fused-ring (bicyclic) bond motifs is 1. The lowest BCUT2D eigenvalue weighted by atomic mass is 10.1. The van der Waals surface area contributed by atoms with E-state index in [0.29, 0.717) is 30.9 Å². The van der Waals surface area contributed by atoms with Crippen molar-refractivity contribution in [2.45, 2.75) is 32.2 Å². The number of nitrogen functional groups attached to an aromatic ring is 1. The first kappa shape index (κ1) is 16.6. The SMILES string of the molecule is C[C@H]1CNc2c(N)cc(C(F)(F)F)cc2CN1Cc1ccccc1. The maximum atomic E-state index is 13.1. The van der Waals surface area contributed by atoms with Crippen LogP contribution in [-0.4, -0.2) is 17.5 Å². The first-order chi connectivity index (χ1) is 11.3. The van der Waals surface area contributed by atoms with Crippen molar-refractivity contribution in [3.63, 3.8) is 0 Å². The van der Waals surface area contributed by atoms with Crippen molar-refractivity contribution >= 4 is 11.4 Å². The molecule has 3 rings (SSSR count). The highest BCUT2D eigenvalue weighted by Gasteiger charge is 2.33. The van der Waals surface area contributed by atoms with E-state index >= 15 is 0 Å². The molecule has 0 unspecified atom stereocenters. The number of nitrogens with zero attached hydrogens (tertiary/aromatic N) is 1. The first-order valence-electron chi connectivity index (χ1n) is 7.86. The Labute approximate surface area is 139 Å². The van der Waals surface area contributed by atoms with Gasteiger partial charge in [-0.3, -0.25) is 4.90 Å². The molecule has 0 bridgehead atoms. The van der Waals surface area contributed by atoms with Gasteiger partial charge in [-0.25, -0.2) is 0 Å². The molecule has 2 aromatic carbocycles. The van der Waals surface area contributed by atoms with Crippen LogP contribution in [0.2, 0.25) is 0 Å². The van der Waals surface area contributed by atoms with Gasteiger partial charge in [-0.1, -0.05) is 30.3 Å². The van der Waals surface area contributed by atoms with Crippen molar-refractivity contribution in [2.75, 3.05) is 17.6 Å². The van der Waals surface area contributed by atoms with Crippen molar-refractivity contribution in [1.82, 2.24) is 4.90 Å². The molecule has 1 atom stereocenters. The van der Waals surface area contributed by atoms with Gasteiger partial charge in [-0.05, 0) is 30.2 Å². The lowest BCUT2D eigenvalue weighted by Gasteiger charge is -2.26. The van der Waals surface area contributed by atoms with Crippen LogP contribution in [0.5, 0.6) is 0 Å². The van der Waals surface area contributed by atoms with Crippen molar-refractivity contribution in [1.29, 1.82) is 0 Å². The number of anilines is 2. The van der Waals surface area contributed by atoms with Crippen molar-refractivity contribution < 1.29 is 13.2 Å². The molecule has 0 saturated heterocycles. The fourth-order valence-corrected chi connectivity index (χ4v) is 3.01. The average molecular weight is 335 g/mol. The van der Waals surface area contributed by atoms with Gasteiger partial charge >= 0.3 is 6.18 Å². The summed E-state index contributed by atoms with van der Waals surface area (Å²) in [5.74, 6) is 0. The van der Waals surface area contributed by atoms with E-state index in [1.54, 1.807) is 0 Å². The van der Waals surface area contributed by atoms with E-state index in [4.69, 9.17) is 5.73 Å². The molecule has 6 heteroatoms. The van der Waals surface area contributed by atoms with Gasteiger partial charge in [0.15, 0.2) is 0 Å². The fraction of sp³-hybridized carbons (Fsp3) is 0.333. The second-order valence-electron chi connectivity index (χ2n) is 6.22. The lowest BCUT2D eigenvalue weighted by molar-refractivity contribution is -0.137. The molecule has 128 valence electrons. The van der Waals surface area contributed by atoms with Crippen LogP contribution in [0, 0.1) is 0 Å². The average Bonchev–Trinajstić information content (AvgIpc) is 2.67. The van der Waals surface area contributed by atoms with Gasteiger partial charge < -0.3 is 11.1 Å². The zero-order valence-corrected chi connectivity index (χ0v) is 13.4. The molecular formula is C18H20F3N3.